The Kier molecular flexibility index (Phi) is 6.66. The number of benzene rings is 9. The van der Waals surface area contributed by atoms with Gasteiger partial charge in [0, 0.05) is 27.2 Å². The van der Waals surface area contributed by atoms with Gasteiger partial charge in [-0.2, -0.15) is 0 Å². The highest BCUT2D eigenvalue weighted by atomic mass is 16.3. The lowest BCUT2D eigenvalue weighted by atomic mass is 9.80. The molecule has 0 radical (unpaired) electrons. The maximum atomic E-state index is 6.26. The van der Waals surface area contributed by atoms with E-state index in [0.29, 0.717) is 0 Å². The minimum Gasteiger partial charge on any atom is -0.456 e. The fourth-order valence-electron chi connectivity index (χ4n) is 9.22. The van der Waals surface area contributed by atoms with E-state index in [1.807, 2.05) is 12.1 Å². The summed E-state index contributed by atoms with van der Waals surface area (Å²) in [5.41, 5.74) is 19.9. The maximum absolute atomic E-state index is 6.26. The summed E-state index contributed by atoms with van der Waals surface area (Å²) < 4.78 is 8.69. The first-order chi connectivity index (χ1) is 27.8. The molecule has 9 aromatic carbocycles. The summed E-state index contributed by atoms with van der Waals surface area (Å²) in [4.78, 5) is 0. The van der Waals surface area contributed by atoms with Gasteiger partial charge in [0.25, 0.3) is 0 Å². The molecule has 0 spiro atoms. The summed E-state index contributed by atoms with van der Waals surface area (Å²) in [6, 6.07) is 73.2. The van der Waals surface area contributed by atoms with Gasteiger partial charge in [-0.25, -0.2) is 0 Å². The fourth-order valence-corrected chi connectivity index (χ4v) is 9.22. The lowest BCUT2D eigenvalue weighted by molar-refractivity contribution is 0.669. The Morgan fingerprint density at radius 1 is 0.268 bits per heavy atom. The number of rotatable bonds is 3. The Hall–Kier alpha value is -7.42. The Morgan fingerprint density at radius 3 is 1.29 bits per heavy atom. The van der Waals surface area contributed by atoms with E-state index in [4.69, 9.17) is 4.42 Å². The summed E-state index contributed by atoms with van der Waals surface area (Å²) in [6.07, 6.45) is 0. The molecule has 0 bridgehead atoms. The lowest BCUT2D eigenvalue weighted by Crippen LogP contribution is -1.98. The molecule has 260 valence electrons. The fraction of sp³-hybridized carbons (Fsp3) is 0. The van der Waals surface area contributed by atoms with Gasteiger partial charge in [-0.05, 0) is 121 Å². The van der Waals surface area contributed by atoms with E-state index < -0.39 is 0 Å². The molecule has 0 fully saturated rings. The Labute approximate surface area is 324 Å². The Balaban J connectivity index is 1.13. The summed E-state index contributed by atoms with van der Waals surface area (Å²) in [6.45, 7) is 0. The molecule has 12 rings (SSSR count). The molecule has 2 heterocycles. The molecule has 11 aromatic rings. The minimum absolute atomic E-state index is 0.899. The van der Waals surface area contributed by atoms with Gasteiger partial charge in [0.05, 0.1) is 11.0 Å². The van der Waals surface area contributed by atoms with Gasteiger partial charge in [-0.15, -0.1) is 0 Å². The van der Waals surface area contributed by atoms with Crippen molar-refractivity contribution >= 4 is 43.7 Å². The van der Waals surface area contributed by atoms with Crippen LogP contribution in [0.1, 0.15) is 0 Å². The zero-order chi connectivity index (χ0) is 36.7. The molecule has 0 atom stereocenters. The van der Waals surface area contributed by atoms with Crippen molar-refractivity contribution in [2.24, 2.45) is 0 Å². The van der Waals surface area contributed by atoms with Gasteiger partial charge < -0.3 is 8.98 Å². The third-order valence-corrected chi connectivity index (χ3v) is 11.8. The smallest absolute Gasteiger partial charge is 0.135 e. The summed E-state index contributed by atoms with van der Waals surface area (Å²) >= 11 is 0. The normalized spacial score (nSPS) is 11.9. The molecule has 0 N–H and O–H groups in total. The molecule has 0 amide bonds. The third kappa shape index (κ3) is 4.63. The number of hydrogen-bond donors (Lipinski definition) is 0. The number of hydrogen-bond acceptors (Lipinski definition) is 1. The number of fused-ring (bicyclic) bond motifs is 14. The highest BCUT2D eigenvalue weighted by Gasteiger charge is 2.23. The van der Waals surface area contributed by atoms with E-state index in [-0.39, 0.29) is 0 Å². The molecule has 1 aliphatic rings. The maximum Gasteiger partial charge on any atom is 0.135 e. The SMILES string of the molecule is c1ccc2c(c1)-c1ccccc1-c1ccc(-c3cc(-c4ccc5oc6ccccc6c5c4)cc(-n4c5ccccc5c5ccccc54)c3)cc1-c1ccccc1-2. The first-order valence-electron chi connectivity index (χ1n) is 19.3. The van der Waals surface area contributed by atoms with Gasteiger partial charge in [0.1, 0.15) is 11.2 Å². The molecule has 2 nitrogen and oxygen atoms in total. The van der Waals surface area contributed by atoms with Crippen molar-refractivity contribution < 1.29 is 4.42 Å². The van der Waals surface area contributed by atoms with Crippen LogP contribution in [0.25, 0.3) is 116 Å². The van der Waals surface area contributed by atoms with Crippen molar-refractivity contribution in [3.8, 4) is 72.4 Å². The van der Waals surface area contributed by atoms with Gasteiger partial charge >= 0.3 is 0 Å². The zero-order valence-corrected chi connectivity index (χ0v) is 30.4. The van der Waals surface area contributed by atoms with Gasteiger partial charge in [-0.3, -0.25) is 0 Å². The van der Waals surface area contributed by atoms with Crippen LogP contribution < -0.4 is 0 Å². The number of para-hydroxylation sites is 3. The topological polar surface area (TPSA) is 18.1 Å². The quantitative estimate of drug-likeness (QED) is 0.178. The molecule has 56 heavy (non-hydrogen) atoms. The molecule has 1 aliphatic carbocycles. The lowest BCUT2D eigenvalue weighted by Gasteiger charge is -2.23. The van der Waals surface area contributed by atoms with Gasteiger partial charge in [-0.1, -0.05) is 146 Å². The van der Waals surface area contributed by atoms with Crippen LogP contribution in [0.4, 0.5) is 0 Å². The van der Waals surface area contributed by atoms with E-state index in [9.17, 15) is 0 Å². The van der Waals surface area contributed by atoms with Crippen LogP contribution in [0.15, 0.2) is 205 Å². The second-order valence-electron chi connectivity index (χ2n) is 14.8. The molecule has 2 aromatic heterocycles. The van der Waals surface area contributed by atoms with Gasteiger partial charge in [0.15, 0.2) is 0 Å². The predicted octanol–water partition coefficient (Wildman–Crippen LogP) is 15.0. The average molecular weight is 712 g/mol. The van der Waals surface area contributed by atoms with E-state index in [1.54, 1.807) is 0 Å². The molecule has 0 unspecified atom stereocenters. The standard InChI is InChI=1S/C54H33NO/c1-2-14-40-39(13-1)41-15-3-4-17-43(41)45-27-25-34(32-49(45)44-18-6-5-16-42(40)44)36-29-37(35-26-28-54-50(33-35)48-21-9-12-24-53(48)56-54)31-38(30-36)55-51-22-10-7-19-46(51)47-20-8-11-23-52(47)55/h1-33H. The number of aromatic nitrogens is 1. The van der Waals surface area contributed by atoms with Crippen molar-refractivity contribution in [2.75, 3.05) is 0 Å². The van der Waals surface area contributed by atoms with E-state index in [0.717, 1.165) is 44.3 Å². The van der Waals surface area contributed by atoms with Crippen molar-refractivity contribution in [1.82, 2.24) is 4.57 Å². The first kappa shape index (κ1) is 31.0. The molecule has 2 heteroatoms. The molecule has 0 saturated heterocycles. The Bertz CT molecular complexity index is 3320. The molecular formula is C54H33NO. The van der Waals surface area contributed by atoms with Gasteiger partial charge in [0.2, 0.25) is 0 Å². The van der Waals surface area contributed by atoms with Crippen molar-refractivity contribution in [3.63, 3.8) is 0 Å². The summed E-state index contributed by atoms with van der Waals surface area (Å²) in [5, 5.41) is 4.75. The largest absolute Gasteiger partial charge is 0.456 e. The average Bonchev–Trinajstić information content (AvgIpc) is 3.81. The second-order valence-corrected chi connectivity index (χ2v) is 14.8. The monoisotopic (exact) mass is 711 g/mol. The van der Waals surface area contributed by atoms with Crippen LogP contribution in [0.5, 0.6) is 0 Å². The van der Waals surface area contributed by atoms with E-state index in [1.165, 1.54) is 71.9 Å². The van der Waals surface area contributed by atoms with Crippen LogP contribution in [-0.2, 0) is 0 Å². The highest BCUT2D eigenvalue weighted by molar-refractivity contribution is 6.10. The molecule has 0 aliphatic heterocycles. The summed E-state index contributed by atoms with van der Waals surface area (Å²) in [7, 11) is 0. The number of furan rings is 1. The van der Waals surface area contributed by atoms with Crippen molar-refractivity contribution in [2.45, 2.75) is 0 Å². The van der Waals surface area contributed by atoms with Crippen molar-refractivity contribution in [3.05, 3.63) is 200 Å². The first-order valence-corrected chi connectivity index (χ1v) is 19.3. The predicted molar refractivity (Wildman–Crippen MR) is 234 cm³/mol. The molecular weight excluding hydrogens is 679 g/mol. The number of nitrogens with zero attached hydrogens (tertiary/aromatic N) is 1. The van der Waals surface area contributed by atoms with Crippen LogP contribution in [0, 0.1) is 0 Å². The van der Waals surface area contributed by atoms with Crippen molar-refractivity contribution in [1.29, 1.82) is 0 Å². The summed E-state index contributed by atoms with van der Waals surface area (Å²) in [5.74, 6) is 0. The van der Waals surface area contributed by atoms with Crippen LogP contribution >= 0.6 is 0 Å². The highest BCUT2D eigenvalue weighted by Crippen LogP contribution is 2.49. The third-order valence-electron chi connectivity index (χ3n) is 11.8. The van der Waals surface area contributed by atoms with E-state index >= 15 is 0 Å². The minimum atomic E-state index is 0.899. The van der Waals surface area contributed by atoms with Crippen LogP contribution in [-0.4, -0.2) is 4.57 Å². The second kappa shape index (κ2) is 12.0. The van der Waals surface area contributed by atoms with Crippen LogP contribution in [0.3, 0.4) is 0 Å². The van der Waals surface area contributed by atoms with Crippen LogP contribution in [0.2, 0.25) is 0 Å². The zero-order valence-electron chi connectivity index (χ0n) is 30.4. The molecule has 0 saturated carbocycles. The van der Waals surface area contributed by atoms with E-state index in [2.05, 4.69) is 193 Å². The Morgan fingerprint density at radius 2 is 0.696 bits per heavy atom.